The summed E-state index contributed by atoms with van der Waals surface area (Å²) in [5.41, 5.74) is 0.406. The van der Waals surface area contributed by atoms with E-state index in [9.17, 15) is 4.79 Å². The second-order valence-corrected chi connectivity index (χ2v) is 4.63. The highest BCUT2D eigenvalue weighted by molar-refractivity contribution is 5.73. The summed E-state index contributed by atoms with van der Waals surface area (Å²) in [6.45, 7) is 8.12. The largest absolute Gasteiger partial charge is 0.338 e. The van der Waals surface area contributed by atoms with Crippen molar-refractivity contribution in [3.63, 3.8) is 0 Å². The minimum absolute atomic E-state index is 0.0150. The number of carbonyl (C=O) groups is 1. The van der Waals surface area contributed by atoms with E-state index in [0.29, 0.717) is 11.3 Å². The SMILES string of the molecule is CCCNC(=O)NCC1(C(C)C)CC1. The maximum absolute atomic E-state index is 11.3. The van der Waals surface area contributed by atoms with Crippen molar-refractivity contribution in [2.75, 3.05) is 13.1 Å². The average Bonchev–Trinajstić information content (AvgIpc) is 2.92. The maximum Gasteiger partial charge on any atom is 0.314 e. The molecule has 1 aliphatic rings. The Morgan fingerprint density at radius 3 is 2.43 bits per heavy atom. The number of carbonyl (C=O) groups excluding carboxylic acids is 1. The molecule has 1 fully saturated rings. The van der Waals surface area contributed by atoms with Crippen molar-refractivity contribution in [2.24, 2.45) is 11.3 Å². The van der Waals surface area contributed by atoms with E-state index in [1.807, 2.05) is 0 Å². The van der Waals surface area contributed by atoms with Gasteiger partial charge in [0.2, 0.25) is 0 Å². The highest BCUT2D eigenvalue weighted by Gasteiger charge is 2.45. The van der Waals surface area contributed by atoms with Crippen LogP contribution in [0.2, 0.25) is 0 Å². The van der Waals surface area contributed by atoms with Gasteiger partial charge in [0.15, 0.2) is 0 Å². The minimum Gasteiger partial charge on any atom is -0.338 e. The quantitative estimate of drug-likeness (QED) is 0.698. The van der Waals surface area contributed by atoms with Crippen molar-refractivity contribution in [3.8, 4) is 0 Å². The van der Waals surface area contributed by atoms with Gasteiger partial charge in [-0.15, -0.1) is 0 Å². The molecule has 0 spiro atoms. The summed E-state index contributed by atoms with van der Waals surface area (Å²) in [4.78, 5) is 11.3. The number of hydrogen-bond acceptors (Lipinski definition) is 1. The Balaban J connectivity index is 2.17. The van der Waals surface area contributed by atoms with Gasteiger partial charge >= 0.3 is 6.03 Å². The van der Waals surface area contributed by atoms with Crippen LogP contribution in [0.4, 0.5) is 4.79 Å². The third kappa shape index (κ3) is 2.89. The topological polar surface area (TPSA) is 41.1 Å². The summed E-state index contributed by atoms with van der Waals surface area (Å²) >= 11 is 0. The lowest BCUT2D eigenvalue weighted by Gasteiger charge is -2.20. The zero-order chi connectivity index (χ0) is 10.6. The highest BCUT2D eigenvalue weighted by atomic mass is 16.2. The Hall–Kier alpha value is -0.730. The molecule has 14 heavy (non-hydrogen) atoms. The molecular weight excluding hydrogens is 176 g/mol. The van der Waals surface area contributed by atoms with Crippen LogP contribution in [0.5, 0.6) is 0 Å². The molecule has 82 valence electrons. The van der Waals surface area contributed by atoms with Gasteiger partial charge in [0.1, 0.15) is 0 Å². The first-order chi connectivity index (χ1) is 6.60. The Labute approximate surface area is 86.6 Å². The molecule has 3 heteroatoms. The fourth-order valence-corrected chi connectivity index (χ4v) is 1.68. The van der Waals surface area contributed by atoms with Crippen LogP contribution in [-0.4, -0.2) is 19.1 Å². The van der Waals surface area contributed by atoms with E-state index in [-0.39, 0.29) is 6.03 Å². The predicted molar refractivity (Wildman–Crippen MR) is 58.2 cm³/mol. The van der Waals surface area contributed by atoms with Gasteiger partial charge in [-0.1, -0.05) is 20.8 Å². The van der Waals surface area contributed by atoms with Gasteiger partial charge in [0, 0.05) is 13.1 Å². The van der Waals surface area contributed by atoms with Crippen molar-refractivity contribution >= 4 is 6.03 Å². The van der Waals surface area contributed by atoms with Crippen LogP contribution in [0.1, 0.15) is 40.0 Å². The molecule has 0 radical (unpaired) electrons. The van der Waals surface area contributed by atoms with Gasteiger partial charge in [0.05, 0.1) is 0 Å². The van der Waals surface area contributed by atoms with Crippen molar-refractivity contribution in [3.05, 3.63) is 0 Å². The van der Waals surface area contributed by atoms with E-state index in [2.05, 4.69) is 31.4 Å². The van der Waals surface area contributed by atoms with E-state index in [1.54, 1.807) is 0 Å². The number of amides is 2. The van der Waals surface area contributed by atoms with Crippen LogP contribution in [0, 0.1) is 11.3 Å². The molecule has 0 atom stereocenters. The first kappa shape index (κ1) is 11.3. The number of hydrogen-bond donors (Lipinski definition) is 2. The van der Waals surface area contributed by atoms with E-state index in [4.69, 9.17) is 0 Å². The van der Waals surface area contributed by atoms with Gasteiger partial charge in [-0.2, -0.15) is 0 Å². The molecule has 0 aromatic rings. The third-order valence-electron chi connectivity index (χ3n) is 3.25. The van der Waals surface area contributed by atoms with Crippen molar-refractivity contribution < 1.29 is 4.79 Å². The number of urea groups is 1. The van der Waals surface area contributed by atoms with E-state index in [0.717, 1.165) is 19.5 Å². The molecule has 3 nitrogen and oxygen atoms in total. The second-order valence-electron chi connectivity index (χ2n) is 4.63. The molecule has 0 aromatic heterocycles. The molecule has 2 N–H and O–H groups in total. The van der Waals surface area contributed by atoms with Crippen LogP contribution >= 0.6 is 0 Å². The Bertz CT molecular complexity index is 197. The smallest absolute Gasteiger partial charge is 0.314 e. The molecule has 1 saturated carbocycles. The van der Waals surface area contributed by atoms with E-state index in [1.165, 1.54) is 12.8 Å². The number of nitrogens with one attached hydrogen (secondary N) is 2. The fourth-order valence-electron chi connectivity index (χ4n) is 1.68. The lowest BCUT2D eigenvalue weighted by molar-refractivity contribution is 0.234. The standard InChI is InChI=1S/C11H22N2O/c1-4-7-12-10(14)13-8-11(5-6-11)9(2)3/h9H,4-8H2,1-3H3,(H2,12,13,14). The van der Waals surface area contributed by atoms with Crippen molar-refractivity contribution in [2.45, 2.75) is 40.0 Å². The summed E-state index contributed by atoms with van der Waals surface area (Å²) in [5, 5.41) is 5.77. The van der Waals surface area contributed by atoms with Gasteiger partial charge < -0.3 is 10.6 Å². The van der Waals surface area contributed by atoms with Crippen LogP contribution in [-0.2, 0) is 0 Å². The average molecular weight is 198 g/mol. The Kier molecular flexibility index (Phi) is 3.78. The van der Waals surface area contributed by atoms with Crippen molar-refractivity contribution in [1.29, 1.82) is 0 Å². The highest BCUT2D eigenvalue weighted by Crippen LogP contribution is 2.51. The molecule has 1 rings (SSSR count). The monoisotopic (exact) mass is 198 g/mol. The van der Waals surface area contributed by atoms with Gasteiger partial charge in [-0.05, 0) is 30.6 Å². The normalized spacial score (nSPS) is 18.0. The van der Waals surface area contributed by atoms with Gasteiger partial charge in [0.25, 0.3) is 0 Å². The second kappa shape index (κ2) is 4.67. The summed E-state index contributed by atoms with van der Waals surface area (Å²) in [6.07, 6.45) is 3.51. The van der Waals surface area contributed by atoms with Crippen LogP contribution in [0.3, 0.4) is 0 Å². The number of rotatable bonds is 5. The van der Waals surface area contributed by atoms with Crippen LogP contribution in [0.25, 0.3) is 0 Å². The third-order valence-corrected chi connectivity index (χ3v) is 3.25. The zero-order valence-electron chi connectivity index (χ0n) is 9.52. The molecule has 0 unspecified atom stereocenters. The summed E-state index contributed by atoms with van der Waals surface area (Å²) in [6, 6.07) is -0.0150. The van der Waals surface area contributed by atoms with E-state index < -0.39 is 0 Å². The predicted octanol–water partition coefficient (Wildman–Crippen LogP) is 2.13. The lowest BCUT2D eigenvalue weighted by Crippen LogP contribution is -2.40. The molecule has 0 bridgehead atoms. The first-order valence-electron chi connectivity index (χ1n) is 5.62. The summed E-state index contributed by atoms with van der Waals surface area (Å²) in [7, 11) is 0. The summed E-state index contributed by atoms with van der Waals surface area (Å²) in [5.74, 6) is 0.675. The Morgan fingerprint density at radius 2 is 2.00 bits per heavy atom. The zero-order valence-corrected chi connectivity index (χ0v) is 9.52. The summed E-state index contributed by atoms with van der Waals surface area (Å²) < 4.78 is 0. The van der Waals surface area contributed by atoms with Gasteiger partial charge in [-0.3, -0.25) is 0 Å². The molecule has 0 aromatic carbocycles. The van der Waals surface area contributed by atoms with Crippen LogP contribution in [0.15, 0.2) is 0 Å². The maximum atomic E-state index is 11.3. The first-order valence-corrected chi connectivity index (χ1v) is 5.62. The van der Waals surface area contributed by atoms with Crippen LogP contribution < -0.4 is 10.6 Å². The fraction of sp³-hybridized carbons (Fsp3) is 0.909. The minimum atomic E-state index is -0.0150. The Morgan fingerprint density at radius 1 is 1.36 bits per heavy atom. The molecule has 1 aliphatic carbocycles. The molecule has 0 saturated heterocycles. The lowest BCUT2D eigenvalue weighted by atomic mass is 9.92. The van der Waals surface area contributed by atoms with Crippen molar-refractivity contribution in [1.82, 2.24) is 10.6 Å². The molecule has 2 amide bonds. The molecule has 0 aliphatic heterocycles. The molecule has 0 heterocycles. The molecular formula is C11H22N2O. The van der Waals surface area contributed by atoms with E-state index >= 15 is 0 Å². The van der Waals surface area contributed by atoms with Gasteiger partial charge in [-0.25, -0.2) is 4.79 Å².